The molecule has 13 nitrogen and oxygen atoms in total. The fourth-order valence-electron chi connectivity index (χ4n) is 2.60. The molecule has 1 aromatic heterocycles. The van der Waals surface area contributed by atoms with Crippen LogP contribution in [0.2, 0.25) is 0 Å². The number of nitrogens with two attached hydrogens (primary N) is 1. The van der Waals surface area contributed by atoms with Gasteiger partial charge in [0, 0.05) is 11.1 Å². The number of aliphatic carboxylic acids is 1. The summed E-state index contributed by atoms with van der Waals surface area (Å²) in [5.74, 6) is -3.32. The Bertz CT molecular complexity index is 1050. The zero-order valence-corrected chi connectivity index (χ0v) is 21.4. The lowest BCUT2D eigenvalue weighted by atomic mass is 9.98. The van der Waals surface area contributed by atoms with Gasteiger partial charge in [-0.3, -0.25) is 9.59 Å². The number of ether oxygens (including phenoxy) is 2. The molecule has 35 heavy (non-hydrogen) atoms. The Balaban J connectivity index is 2.11. The maximum atomic E-state index is 12.8. The summed E-state index contributed by atoms with van der Waals surface area (Å²) in [4.78, 5) is 57.8. The molecule has 0 spiro atoms. The molecule has 0 unspecified atom stereocenters. The molecule has 1 aromatic rings. The van der Waals surface area contributed by atoms with E-state index in [1.807, 2.05) is 0 Å². The summed E-state index contributed by atoms with van der Waals surface area (Å²) in [6, 6.07) is -1.47. The predicted octanol–water partition coefficient (Wildman–Crippen LogP) is 0.672. The van der Waals surface area contributed by atoms with E-state index in [0.717, 1.165) is 11.3 Å². The lowest BCUT2D eigenvalue weighted by Gasteiger charge is -2.31. The second-order valence-corrected chi connectivity index (χ2v) is 10.3. The fraction of sp³-hybridized carbons (Fsp3) is 0.500. The summed E-state index contributed by atoms with van der Waals surface area (Å²) in [5, 5.41) is 19.3. The topological polar surface area (TPSA) is 192 Å². The second-order valence-electron chi connectivity index (χ2n) is 8.25. The highest BCUT2D eigenvalue weighted by Gasteiger charge is 2.36. The molecule has 2 rings (SSSR count). The van der Waals surface area contributed by atoms with Crippen molar-refractivity contribution in [2.75, 3.05) is 25.4 Å². The summed E-state index contributed by atoms with van der Waals surface area (Å²) in [5.41, 5.74) is 5.29. The van der Waals surface area contributed by atoms with Gasteiger partial charge in [0.05, 0.1) is 5.41 Å². The standard InChI is InChI=1S/C20H27N5O8S2/c1-9-6-34-15(24-11(9)17(29)32-8-33-18(30)20(2,3)4)13(16(27)28)23-14(26)12(25-31-5)10-7-35-19(21)22-10/h7,13,15,24H,6,8H2,1-5H3,(H2,21,22)(H,23,26)(H,27,28)/b25-12+/t13-,15+/m0/s1. The minimum Gasteiger partial charge on any atom is -0.480 e. The number of nitrogens with zero attached hydrogens (tertiary/aromatic N) is 2. The molecule has 1 aliphatic rings. The Kier molecular flexibility index (Phi) is 9.47. The van der Waals surface area contributed by atoms with E-state index in [1.165, 1.54) is 24.3 Å². The number of nitrogen functional groups attached to an aromatic ring is 1. The van der Waals surface area contributed by atoms with Gasteiger partial charge in [-0.05, 0) is 33.3 Å². The van der Waals surface area contributed by atoms with Crippen molar-refractivity contribution < 1.29 is 38.6 Å². The highest BCUT2D eigenvalue weighted by atomic mass is 32.2. The van der Waals surface area contributed by atoms with Crippen LogP contribution in [0.25, 0.3) is 0 Å². The van der Waals surface area contributed by atoms with Gasteiger partial charge >= 0.3 is 17.9 Å². The molecule has 2 atom stereocenters. The van der Waals surface area contributed by atoms with Gasteiger partial charge in [-0.1, -0.05) is 5.16 Å². The van der Waals surface area contributed by atoms with Gasteiger partial charge in [-0.15, -0.1) is 23.1 Å². The van der Waals surface area contributed by atoms with Crippen molar-refractivity contribution in [1.82, 2.24) is 15.6 Å². The van der Waals surface area contributed by atoms with E-state index in [0.29, 0.717) is 5.57 Å². The van der Waals surface area contributed by atoms with Gasteiger partial charge in [0.15, 0.2) is 16.9 Å². The van der Waals surface area contributed by atoms with E-state index in [1.54, 1.807) is 27.7 Å². The van der Waals surface area contributed by atoms with E-state index in [9.17, 15) is 24.3 Å². The second kappa shape index (κ2) is 11.9. The molecule has 1 aliphatic heterocycles. The lowest BCUT2D eigenvalue weighted by molar-refractivity contribution is -0.171. The molecule has 1 amide bonds. The van der Waals surface area contributed by atoms with Crippen molar-refractivity contribution in [2.24, 2.45) is 10.6 Å². The van der Waals surface area contributed by atoms with Crippen molar-refractivity contribution >= 4 is 57.8 Å². The maximum absolute atomic E-state index is 12.8. The first-order valence-electron chi connectivity index (χ1n) is 10.1. The molecule has 0 aromatic carbocycles. The van der Waals surface area contributed by atoms with Crippen LogP contribution >= 0.6 is 23.1 Å². The molecule has 0 fully saturated rings. The first kappa shape index (κ1) is 27.9. The van der Waals surface area contributed by atoms with Crippen LogP contribution in [0.3, 0.4) is 0 Å². The van der Waals surface area contributed by atoms with Crippen LogP contribution in [0.4, 0.5) is 5.13 Å². The largest absolute Gasteiger partial charge is 0.480 e. The number of carboxylic acids is 1. The molecule has 0 saturated carbocycles. The van der Waals surface area contributed by atoms with Crippen LogP contribution in [-0.2, 0) is 33.5 Å². The number of thiazole rings is 1. The SMILES string of the molecule is CO/N=C(/C(=O)N[C@H](C(=O)O)[C@@H]1NC(C(=O)OCOC(=O)C(C)(C)C)=C(C)CS1)c1csc(N)n1. The van der Waals surface area contributed by atoms with Crippen LogP contribution in [0.1, 0.15) is 33.4 Å². The number of anilines is 1. The summed E-state index contributed by atoms with van der Waals surface area (Å²) in [6.07, 6.45) is 0. The number of aromatic nitrogens is 1. The van der Waals surface area contributed by atoms with Gasteiger partial charge in [0.1, 0.15) is 23.9 Å². The molecule has 5 N–H and O–H groups in total. The summed E-state index contributed by atoms with van der Waals surface area (Å²) >= 11 is 2.24. The molecular formula is C20H27N5O8S2. The monoisotopic (exact) mass is 529 g/mol. The van der Waals surface area contributed by atoms with E-state index in [4.69, 9.17) is 20.0 Å². The summed E-state index contributed by atoms with van der Waals surface area (Å²) in [7, 11) is 1.22. The zero-order chi connectivity index (χ0) is 26.3. The minimum atomic E-state index is -1.47. The number of nitrogens with one attached hydrogen (secondary N) is 2. The zero-order valence-electron chi connectivity index (χ0n) is 19.7. The average Bonchev–Trinajstić information content (AvgIpc) is 3.20. The number of amides is 1. The smallest absolute Gasteiger partial charge is 0.357 e. The van der Waals surface area contributed by atoms with Crippen LogP contribution < -0.4 is 16.4 Å². The Labute approximate surface area is 209 Å². The number of thioether (sulfide) groups is 1. The van der Waals surface area contributed by atoms with Crippen LogP contribution in [-0.4, -0.2) is 70.7 Å². The third kappa shape index (κ3) is 7.58. The number of carbonyl (C=O) groups is 4. The molecule has 0 saturated heterocycles. The van der Waals surface area contributed by atoms with E-state index >= 15 is 0 Å². The highest BCUT2D eigenvalue weighted by molar-refractivity contribution is 8.00. The van der Waals surface area contributed by atoms with Crippen LogP contribution in [0, 0.1) is 5.41 Å². The van der Waals surface area contributed by atoms with Crippen molar-refractivity contribution in [3.05, 3.63) is 22.3 Å². The number of hydrogen-bond donors (Lipinski definition) is 4. The Morgan fingerprint density at radius 3 is 2.57 bits per heavy atom. The third-order valence-corrected chi connectivity index (χ3v) is 6.43. The summed E-state index contributed by atoms with van der Waals surface area (Å²) in [6.45, 7) is 6.03. The normalized spacial score (nSPS) is 17.2. The van der Waals surface area contributed by atoms with Gasteiger partial charge < -0.3 is 35.8 Å². The molecular weight excluding hydrogens is 502 g/mol. The predicted molar refractivity (Wildman–Crippen MR) is 128 cm³/mol. The average molecular weight is 530 g/mol. The first-order valence-corrected chi connectivity index (χ1v) is 12.1. The molecule has 192 valence electrons. The van der Waals surface area contributed by atoms with E-state index in [2.05, 4.69) is 20.8 Å². The summed E-state index contributed by atoms with van der Waals surface area (Å²) < 4.78 is 9.95. The van der Waals surface area contributed by atoms with Crippen LogP contribution in [0.15, 0.2) is 21.8 Å². The Morgan fingerprint density at radius 1 is 1.34 bits per heavy atom. The molecule has 15 heteroatoms. The van der Waals surface area contributed by atoms with Crippen LogP contribution in [0.5, 0.6) is 0 Å². The number of hydrogen-bond acceptors (Lipinski definition) is 13. The van der Waals surface area contributed by atoms with Crippen molar-refractivity contribution in [3.8, 4) is 0 Å². The highest BCUT2D eigenvalue weighted by Crippen LogP contribution is 2.25. The number of carboxylic acid groups (broad SMARTS) is 1. The Morgan fingerprint density at radius 2 is 2.03 bits per heavy atom. The van der Waals surface area contributed by atoms with Crippen molar-refractivity contribution in [1.29, 1.82) is 0 Å². The minimum absolute atomic E-state index is 0.0131. The Hall–Kier alpha value is -3.33. The quantitative estimate of drug-likeness (QED) is 0.151. The fourth-order valence-corrected chi connectivity index (χ4v) is 4.30. The number of esters is 2. The van der Waals surface area contributed by atoms with Gasteiger partial charge in [0.2, 0.25) is 6.79 Å². The molecule has 0 bridgehead atoms. The van der Waals surface area contributed by atoms with Crippen molar-refractivity contribution in [3.63, 3.8) is 0 Å². The number of oxime groups is 1. The first-order chi connectivity index (χ1) is 16.3. The van der Waals surface area contributed by atoms with E-state index in [-0.39, 0.29) is 28.0 Å². The molecule has 0 radical (unpaired) electrons. The molecule has 0 aliphatic carbocycles. The maximum Gasteiger partial charge on any atom is 0.357 e. The molecule has 2 heterocycles. The lowest BCUT2D eigenvalue weighted by Crippen LogP contribution is -2.56. The van der Waals surface area contributed by atoms with Gasteiger partial charge in [0.25, 0.3) is 5.91 Å². The number of carbonyl (C=O) groups excluding carboxylic acids is 3. The van der Waals surface area contributed by atoms with Crippen molar-refractivity contribution in [2.45, 2.75) is 39.1 Å². The third-order valence-electron chi connectivity index (χ3n) is 4.41. The van der Waals surface area contributed by atoms with E-state index < -0.39 is 47.4 Å². The van der Waals surface area contributed by atoms with Gasteiger partial charge in [-0.25, -0.2) is 14.6 Å². The van der Waals surface area contributed by atoms with Gasteiger partial charge in [-0.2, -0.15) is 0 Å². The number of rotatable bonds is 9.